The van der Waals surface area contributed by atoms with Gasteiger partial charge in [-0.1, -0.05) is 48.5 Å². The molecule has 4 aromatic rings. The maximum atomic E-state index is 12.8. The summed E-state index contributed by atoms with van der Waals surface area (Å²) < 4.78 is 5.29. The fourth-order valence-corrected chi connectivity index (χ4v) is 4.15. The van der Waals surface area contributed by atoms with Crippen LogP contribution in [0.1, 0.15) is 33.9 Å². The number of H-pyrrole nitrogens is 1. The number of carbonyl (C=O) groups is 1. The van der Waals surface area contributed by atoms with E-state index in [0.717, 1.165) is 41.1 Å². The lowest BCUT2D eigenvalue weighted by Crippen LogP contribution is -2.27. The smallest absolute Gasteiger partial charge is 0.251 e. The first-order valence-electron chi connectivity index (χ1n) is 10.4. The summed E-state index contributed by atoms with van der Waals surface area (Å²) in [6, 6.07) is 25.8. The third-order valence-corrected chi connectivity index (χ3v) is 5.84. The molecule has 1 aliphatic rings. The molecule has 31 heavy (non-hydrogen) atoms. The zero-order chi connectivity index (χ0) is 21.2. The first-order valence-corrected chi connectivity index (χ1v) is 10.4. The number of aromatic amines is 1. The van der Waals surface area contributed by atoms with Crippen LogP contribution in [0, 0.1) is 0 Å². The maximum absolute atomic E-state index is 12.8. The van der Waals surface area contributed by atoms with E-state index in [1.807, 2.05) is 60.7 Å². The Morgan fingerprint density at radius 2 is 1.84 bits per heavy atom. The van der Waals surface area contributed by atoms with Crippen molar-refractivity contribution in [3.63, 3.8) is 0 Å². The highest BCUT2D eigenvalue weighted by Gasteiger charge is 2.23. The molecular formula is C26H23N3O2. The van der Waals surface area contributed by atoms with Gasteiger partial charge in [0.2, 0.25) is 0 Å². The quantitative estimate of drug-likeness (QED) is 0.478. The van der Waals surface area contributed by atoms with Crippen LogP contribution in [0.15, 0.2) is 78.9 Å². The van der Waals surface area contributed by atoms with Gasteiger partial charge < -0.3 is 10.1 Å². The Balaban J connectivity index is 1.30. The molecule has 5 nitrogen and oxygen atoms in total. The van der Waals surface area contributed by atoms with Crippen molar-refractivity contribution in [2.45, 2.75) is 18.9 Å². The van der Waals surface area contributed by atoms with Gasteiger partial charge in [0.1, 0.15) is 5.75 Å². The van der Waals surface area contributed by atoms with Gasteiger partial charge in [-0.15, -0.1) is 0 Å². The number of aryl methyl sites for hydroxylation is 1. The van der Waals surface area contributed by atoms with Crippen LogP contribution < -0.4 is 10.1 Å². The van der Waals surface area contributed by atoms with Crippen molar-refractivity contribution in [1.29, 1.82) is 0 Å². The zero-order valence-electron chi connectivity index (χ0n) is 17.3. The number of carbonyl (C=O) groups excluding carboxylic acids is 1. The largest absolute Gasteiger partial charge is 0.497 e. The number of nitrogens with one attached hydrogen (secondary N) is 2. The Hall–Kier alpha value is -3.86. The Morgan fingerprint density at radius 1 is 1.00 bits per heavy atom. The van der Waals surface area contributed by atoms with Crippen molar-refractivity contribution < 1.29 is 9.53 Å². The number of hydrogen-bond acceptors (Lipinski definition) is 3. The summed E-state index contributed by atoms with van der Waals surface area (Å²) in [6.07, 6.45) is 1.96. The average Bonchev–Trinajstić information content (AvgIpc) is 3.47. The van der Waals surface area contributed by atoms with Crippen molar-refractivity contribution in [1.82, 2.24) is 15.5 Å². The number of benzene rings is 3. The maximum Gasteiger partial charge on any atom is 0.251 e. The van der Waals surface area contributed by atoms with Crippen LogP contribution in [0.2, 0.25) is 0 Å². The molecule has 2 N–H and O–H groups in total. The van der Waals surface area contributed by atoms with Gasteiger partial charge in [0.25, 0.3) is 5.91 Å². The summed E-state index contributed by atoms with van der Waals surface area (Å²) in [7, 11) is 1.65. The van der Waals surface area contributed by atoms with E-state index in [2.05, 4.69) is 33.7 Å². The predicted octanol–water partition coefficient (Wildman–Crippen LogP) is 5.17. The normalized spacial score (nSPS) is 14.8. The van der Waals surface area contributed by atoms with Gasteiger partial charge in [-0.05, 0) is 59.9 Å². The Labute approximate surface area is 181 Å². The van der Waals surface area contributed by atoms with Gasteiger partial charge in [0.15, 0.2) is 0 Å². The van der Waals surface area contributed by atoms with Crippen molar-refractivity contribution in [2.75, 3.05) is 7.11 Å². The van der Waals surface area contributed by atoms with E-state index >= 15 is 0 Å². The Morgan fingerprint density at radius 3 is 2.68 bits per heavy atom. The van der Waals surface area contributed by atoms with E-state index in [0.29, 0.717) is 5.56 Å². The lowest BCUT2D eigenvalue weighted by molar-refractivity contribution is 0.0936. The summed E-state index contributed by atoms with van der Waals surface area (Å²) in [5.41, 5.74) is 6.91. The molecule has 1 amide bonds. The first-order chi connectivity index (χ1) is 15.2. The number of fused-ring (bicyclic) bond motifs is 1. The summed E-state index contributed by atoms with van der Waals surface area (Å²) in [4.78, 5) is 12.8. The van der Waals surface area contributed by atoms with E-state index in [1.54, 1.807) is 7.11 Å². The van der Waals surface area contributed by atoms with Crippen molar-refractivity contribution >= 4 is 5.91 Å². The van der Waals surface area contributed by atoms with E-state index in [-0.39, 0.29) is 11.9 Å². The number of ether oxygens (including phenoxy) is 1. The molecule has 0 fully saturated rings. The highest BCUT2D eigenvalue weighted by Crippen LogP contribution is 2.31. The Kier molecular flexibility index (Phi) is 5.00. The second-order valence-corrected chi connectivity index (χ2v) is 7.74. The summed E-state index contributed by atoms with van der Waals surface area (Å²) in [5.74, 6) is 0.747. The van der Waals surface area contributed by atoms with E-state index in [9.17, 15) is 4.79 Å². The third kappa shape index (κ3) is 3.82. The molecule has 0 aliphatic heterocycles. The molecule has 0 saturated carbocycles. The van der Waals surface area contributed by atoms with Gasteiger partial charge in [0, 0.05) is 11.1 Å². The lowest BCUT2D eigenvalue weighted by atomic mass is 10.1. The van der Waals surface area contributed by atoms with Crippen LogP contribution in [0.5, 0.6) is 5.75 Å². The van der Waals surface area contributed by atoms with E-state index in [1.165, 1.54) is 11.1 Å². The van der Waals surface area contributed by atoms with Crippen LogP contribution in [0.4, 0.5) is 0 Å². The fourth-order valence-electron chi connectivity index (χ4n) is 4.15. The van der Waals surface area contributed by atoms with Crippen molar-refractivity contribution in [2.24, 2.45) is 0 Å². The SMILES string of the molecule is COc1cccc(-c2cc(-c3ccc(C(=O)NC4CCc5ccccc54)cc3)[nH]n2)c1. The minimum Gasteiger partial charge on any atom is -0.497 e. The molecule has 1 aromatic heterocycles. The molecule has 0 radical (unpaired) electrons. The second-order valence-electron chi connectivity index (χ2n) is 7.74. The summed E-state index contributed by atoms with van der Waals surface area (Å²) in [5, 5.41) is 10.7. The zero-order valence-corrected chi connectivity index (χ0v) is 17.3. The van der Waals surface area contributed by atoms with Crippen molar-refractivity contribution in [3.8, 4) is 28.3 Å². The molecular weight excluding hydrogens is 386 g/mol. The standard InChI is InChI=1S/C26H23N3O2/c1-31-21-7-4-6-20(15-21)25-16-24(28-29-25)18-9-11-19(12-10-18)26(30)27-23-14-13-17-5-2-3-8-22(17)23/h2-12,15-16,23H,13-14H2,1H3,(H,27,30)(H,28,29). The third-order valence-electron chi connectivity index (χ3n) is 5.84. The highest BCUT2D eigenvalue weighted by atomic mass is 16.5. The lowest BCUT2D eigenvalue weighted by Gasteiger charge is -2.14. The molecule has 1 aliphatic carbocycles. The number of rotatable bonds is 5. The van der Waals surface area contributed by atoms with Crippen LogP contribution in [0.25, 0.3) is 22.5 Å². The van der Waals surface area contributed by atoms with Crippen LogP contribution in [-0.4, -0.2) is 23.2 Å². The minimum atomic E-state index is -0.0464. The van der Waals surface area contributed by atoms with E-state index in [4.69, 9.17) is 4.74 Å². The molecule has 0 spiro atoms. The van der Waals surface area contributed by atoms with Gasteiger partial charge in [0.05, 0.1) is 24.5 Å². The van der Waals surface area contributed by atoms with Crippen molar-refractivity contribution in [3.05, 3.63) is 95.6 Å². The second kappa shape index (κ2) is 8.11. The molecule has 3 aromatic carbocycles. The first kappa shape index (κ1) is 19.1. The number of methoxy groups -OCH3 is 1. The molecule has 1 unspecified atom stereocenters. The van der Waals surface area contributed by atoms with Crippen LogP contribution in [0.3, 0.4) is 0 Å². The molecule has 5 heteroatoms. The topological polar surface area (TPSA) is 67.0 Å². The number of nitrogens with zero attached hydrogens (tertiary/aromatic N) is 1. The molecule has 1 atom stereocenters. The summed E-state index contributed by atoms with van der Waals surface area (Å²) in [6.45, 7) is 0. The van der Waals surface area contributed by atoms with E-state index < -0.39 is 0 Å². The van der Waals surface area contributed by atoms with Gasteiger partial charge in [-0.25, -0.2) is 0 Å². The van der Waals surface area contributed by atoms with Gasteiger partial charge in [-0.2, -0.15) is 5.10 Å². The Bertz CT molecular complexity index is 1230. The van der Waals surface area contributed by atoms with Crippen LogP contribution in [-0.2, 0) is 6.42 Å². The van der Waals surface area contributed by atoms with Gasteiger partial charge >= 0.3 is 0 Å². The average molecular weight is 409 g/mol. The fraction of sp³-hybridized carbons (Fsp3) is 0.154. The molecule has 1 heterocycles. The van der Waals surface area contributed by atoms with Crippen LogP contribution >= 0.6 is 0 Å². The number of hydrogen-bond donors (Lipinski definition) is 2. The molecule has 0 bridgehead atoms. The molecule has 5 rings (SSSR count). The van der Waals surface area contributed by atoms with Gasteiger partial charge in [-0.3, -0.25) is 9.89 Å². The predicted molar refractivity (Wildman–Crippen MR) is 121 cm³/mol. The number of aromatic nitrogens is 2. The molecule has 0 saturated heterocycles. The monoisotopic (exact) mass is 409 g/mol. The molecule has 154 valence electrons. The number of amides is 1. The highest BCUT2D eigenvalue weighted by molar-refractivity contribution is 5.95. The summed E-state index contributed by atoms with van der Waals surface area (Å²) >= 11 is 0. The minimum absolute atomic E-state index is 0.0464.